The average molecular weight is 955 g/mol. The van der Waals surface area contributed by atoms with Crippen molar-refractivity contribution in [1.29, 1.82) is 0 Å². The number of H-pyrrole nitrogens is 2. The first-order chi connectivity index (χ1) is 30.1. The Labute approximate surface area is 375 Å². The molecule has 0 aliphatic carbocycles. The molecule has 8 rings (SSSR count). The maximum absolute atomic E-state index is 13.4. The number of ether oxygens (including phenoxy) is 2. The summed E-state index contributed by atoms with van der Waals surface area (Å²) in [5.74, 6) is -1.42. The molecule has 0 saturated carbocycles. The Kier molecular flexibility index (Phi) is 13.5. The molecular weight excluding hydrogens is 912 g/mol. The van der Waals surface area contributed by atoms with Crippen LogP contribution in [0.3, 0.4) is 0 Å². The molecule has 0 aliphatic rings. The van der Waals surface area contributed by atoms with Crippen molar-refractivity contribution < 1.29 is 28.7 Å². The topological polar surface area (TPSA) is 142 Å². The number of fused-ring (bicyclic) bond motifs is 2. The normalized spacial score (nSPS) is 12.8. The van der Waals surface area contributed by atoms with E-state index >= 15 is 0 Å². The first-order valence-corrected chi connectivity index (χ1v) is 21.2. The molecule has 6 aromatic carbocycles. The van der Waals surface area contributed by atoms with Crippen molar-refractivity contribution in [3.63, 3.8) is 0 Å². The smallest absolute Gasteiger partial charge is 0.322 e. The number of carbonyl (C=O) groups is 4. The molecule has 0 saturated heterocycles. The van der Waals surface area contributed by atoms with E-state index in [0.29, 0.717) is 11.1 Å². The Morgan fingerprint density at radius 3 is 1.18 bits per heavy atom. The zero-order valence-corrected chi connectivity index (χ0v) is 37.0. The highest BCUT2D eigenvalue weighted by Crippen LogP contribution is 2.39. The third-order valence-electron chi connectivity index (χ3n) is 10.9. The number of carbonyl (C=O) groups excluding carboxylic acids is 4. The molecule has 62 heavy (non-hydrogen) atoms. The Balaban J connectivity index is 0.000000186. The molecule has 8 aromatic rings. The first kappa shape index (κ1) is 43.3. The molecule has 0 bridgehead atoms. The average Bonchev–Trinajstić information content (AvgIpc) is 3.96. The highest BCUT2D eigenvalue weighted by molar-refractivity contribution is 9.10. The van der Waals surface area contributed by atoms with Crippen LogP contribution in [0.2, 0.25) is 0 Å². The summed E-state index contributed by atoms with van der Waals surface area (Å²) in [6.07, 6.45) is 3.64. The van der Waals surface area contributed by atoms with Crippen molar-refractivity contribution >= 4 is 77.4 Å². The van der Waals surface area contributed by atoms with Gasteiger partial charge in [-0.25, -0.2) is 0 Å². The van der Waals surface area contributed by atoms with Crippen LogP contribution in [0.5, 0.6) is 0 Å². The van der Waals surface area contributed by atoms with Gasteiger partial charge in [-0.2, -0.15) is 0 Å². The lowest BCUT2D eigenvalue weighted by molar-refractivity contribution is -0.146. The van der Waals surface area contributed by atoms with Gasteiger partial charge in [0.25, 0.3) is 11.8 Å². The lowest BCUT2D eigenvalue weighted by atomic mass is 9.74. The second-order valence-electron chi connectivity index (χ2n) is 14.4. The summed E-state index contributed by atoms with van der Waals surface area (Å²) in [7, 11) is 2.73. The predicted molar refractivity (Wildman–Crippen MR) is 248 cm³/mol. The molecule has 0 aliphatic heterocycles. The summed E-state index contributed by atoms with van der Waals surface area (Å²) >= 11 is 6.75. The van der Waals surface area contributed by atoms with Crippen LogP contribution in [-0.4, -0.2) is 61.0 Å². The van der Waals surface area contributed by atoms with Gasteiger partial charge in [0.15, 0.2) is 0 Å². The molecule has 312 valence electrons. The maximum Gasteiger partial charge on any atom is 0.322 e. The van der Waals surface area contributed by atoms with Crippen molar-refractivity contribution in [3.05, 3.63) is 212 Å². The van der Waals surface area contributed by atoms with Gasteiger partial charge < -0.3 is 30.1 Å². The molecule has 0 spiro atoms. The Hall–Kier alpha value is -6.76. The minimum atomic E-state index is -1.22. The monoisotopic (exact) mass is 952 g/mol. The molecule has 2 amide bonds. The van der Waals surface area contributed by atoms with E-state index in [0.717, 1.165) is 53.0 Å². The molecule has 12 heteroatoms. The summed E-state index contributed by atoms with van der Waals surface area (Å²) in [6.45, 7) is 0.0842. The first-order valence-electron chi connectivity index (χ1n) is 19.6. The van der Waals surface area contributed by atoms with Crippen LogP contribution in [0.15, 0.2) is 179 Å². The van der Waals surface area contributed by atoms with E-state index in [4.69, 9.17) is 9.47 Å². The Bertz CT molecular complexity index is 2630. The van der Waals surface area contributed by atoms with Gasteiger partial charge in [-0.3, -0.25) is 19.2 Å². The number of amides is 2. The fourth-order valence-electron chi connectivity index (χ4n) is 7.78. The number of benzene rings is 6. The van der Waals surface area contributed by atoms with E-state index in [1.54, 1.807) is 48.5 Å². The van der Waals surface area contributed by atoms with Crippen LogP contribution in [0.1, 0.15) is 43.0 Å². The minimum absolute atomic E-state index is 0.0421. The number of para-hydroxylation sites is 2. The summed E-state index contributed by atoms with van der Waals surface area (Å²) in [6, 6.07) is 48.5. The van der Waals surface area contributed by atoms with Crippen LogP contribution >= 0.6 is 31.9 Å². The van der Waals surface area contributed by atoms with Gasteiger partial charge in [0.05, 0.1) is 14.2 Å². The van der Waals surface area contributed by atoms with E-state index in [-0.39, 0.29) is 24.9 Å². The van der Waals surface area contributed by atoms with Crippen molar-refractivity contribution in [2.24, 2.45) is 0 Å². The lowest BCUT2D eigenvalue weighted by Gasteiger charge is -2.32. The molecule has 4 N–H and O–H groups in total. The van der Waals surface area contributed by atoms with Gasteiger partial charge in [0.1, 0.15) is 10.8 Å². The molecule has 0 unspecified atom stereocenters. The van der Waals surface area contributed by atoms with Gasteiger partial charge in [-0.1, -0.05) is 129 Å². The molecule has 2 aromatic heterocycles. The molecule has 2 atom stereocenters. The third-order valence-corrected chi connectivity index (χ3v) is 12.0. The van der Waals surface area contributed by atoms with Gasteiger partial charge >= 0.3 is 11.9 Å². The fourth-order valence-corrected chi connectivity index (χ4v) is 8.31. The molecular formula is C50H42Br2N4O6. The number of rotatable bonds is 12. The zero-order chi connectivity index (χ0) is 43.7. The van der Waals surface area contributed by atoms with Gasteiger partial charge in [-0.05, 0) is 71.8 Å². The van der Waals surface area contributed by atoms with E-state index in [1.165, 1.54) is 14.2 Å². The van der Waals surface area contributed by atoms with Crippen LogP contribution in [-0.2, 0) is 29.9 Å². The fraction of sp³-hybridized carbons (Fsp3) is 0.120. The van der Waals surface area contributed by atoms with Crippen LogP contribution in [0.4, 0.5) is 0 Å². The highest BCUT2D eigenvalue weighted by atomic mass is 79.9. The van der Waals surface area contributed by atoms with Crippen molar-refractivity contribution in [3.8, 4) is 0 Å². The molecule has 0 radical (unpaired) electrons. The number of halogens is 2. The third kappa shape index (κ3) is 8.70. The van der Waals surface area contributed by atoms with Gasteiger partial charge in [0, 0.05) is 78.5 Å². The van der Waals surface area contributed by atoms with Crippen LogP contribution in [0, 0.1) is 0 Å². The number of nitrogens with one attached hydrogen (secondary N) is 4. The summed E-state index contributed by atoms with van der Waals surface area (Å²) in [5.41, 5.74) is 3.35. The predicted octanol–water partition coefficient (Wildman–Crippen LogP) is 9.64. The number of aromatic amines is 2. The van der Waals surface area contributed by atoms with E-state index in [1.807, 2.05) is 122 Å². The van der Waals surface area contributed by atoms with Crippen molar-refractivity contribution in [2.75, 3.05) is 27.3 Å². The minimum Gasteiger partial charge on any atom is -0.468 e. The molecule has 10 nitrogen and oxygen atoms in total. The summed E-state index contributed by atoms with van der Waals surface area (Å²) in [5, 5.41) is 7.71. The van der Waals surface area contributed by atoms with Gasteiger partial charge in [-0.15, -0.1) is 0 Å². The molecule has 2 heterocycles. The van der Waals surface area contributed by atoms with Crippen molar-refractivity contribution in [1.82, 2.24) is 20.6 Å². The number of hydrogen-bond acceptors (Lipinski definition) is 6. The molecule has 0 fully saturated rings. The SMILES string of the molecule is COC(=O)[C@](CNC(=O)c1ccc(Br)cc1)(c1ccccc1)c1c[nH]c2ccccc12.COC(=O)[C@](CNC(=O)c1ccc(Br)cc1)(c1ccccc1)c1c[nH]c2ccccc12. The number of aromatic nitrogens is 2. The maximum atomic E-state index is 13.4. The zero-order valence-electron chi connectivity index (χ0n) is 33.8. The Morgan fingerprint density at radius 1 is 0.484 bits per heavy atom. The second kappa shape index (κ2) is 19.3. The number of methoxy groups -OCH3 is 2. The standard InChI is InChI=1S/2C25H21BrN2O3/c2*1-31-24(30)25(18-7-3-2-4-8-18,21-15-27-22-10-6-5-9-20(21)22)16-28-23(29)17-11-13-19(26)14-12-17/h2*2-15,27H,16H2,1H3,(H,28,29)/t2*25-/m11/s1. The quantitative estimate of drug-likeness (QED) is 0.0900. The number of hydrogen-bond donors (Lipinski definition) is 4. The Morgan fingerprint density at radius 2 is 0.823 bits per heavy atom. The van der Waals surface area contributed by atoms with Gasteiger partial charge in [0.2, 0.25) is 0 Å². The summed E-state index contributed by atoms with van der Waals surface area (Å²) in [4.78, 5) is 59.0. The van der Waals surface area contributed by atoms with E-state index in [2.05, 4.69) is 52.5 Å². The highest BCUT2D eigenvalue weighted by Gasteiger charge is 2.46. The second-order valence-corrected chi connectivity index (χ2v) is 16.2. The van der Waals surface area contributed by atoms with Crippen LogP contribution < -0.4 is 10.6 Å². The van der Waals surface area contributed by atoms with E-state index in [9.17, 15) is 19.2 Å². The van der Waals surface area contributed by atoms with E-state index < -0.39 is 22.8 Å². The lowest BCUT2D eigenvalue weighted by Crippen LogP contribution is -2.48. The van der Waals surface area contributed by atoms with Crippen molar-refractivity contribution in [2.45, 2.75) is 10.8 Å². The largest absolute Gasteiger partial charge is 0.468 e. The number of esters is 2. The van der Waals surface area contributed by atoms with Crippen LogP contribution in [0.25, 0.3) is 21.8 Å². The summed E-state index contributed by atoms with van der Waals surface area (Å²) < 4.78 is 12.3.